The summed E-state index contributed by atoms with van der Waals surface area (Å²) in [6.07, 6.45) is 0.556. The number of hydrogen-bond acceptors (Lipinski definition) is 4. The first-order valence-electron chi connectivity index (χ1n) is 5.89. The van der Waals surface area contributed by atoms with Crippen molar-refractivity contribution in [2.75, 3.05) is 5.32 Å². The summed E-state index contributed by atoms with van der Waals surface area (Å²) in [5.41, 5.74) is 6.09. The molecule has 106 valence electrons. The van der Waals surface area contributed by atoms with E-state index in [0.29, 0.717) is 18.0 Å². The number of hydrogen-bond donors (Lipinski definition) is 3. The molecule has 0 saturated heterocycles. The molecule has 1 rings (SSSR count). The molecule has 0 radical (unpaired) electrons. The topological polar surface area (TPSA) is 115 Å². The maximum absolute atomic E-state index is 11.8. The molecule has 1 unspecified atom stereocenters. The van der Waals surface area contributed by atoms with Crippen LogP contribution in [0.3, 0.4) is 0 Å². The molecule has 0 aromatic heterocycles. The summed E-state index contributed by atoms with van der Waals surface area (Å²) >= 11 is 0. The fraction of sp³-hybridized carbons (Fsp3) is 0.417. The van der Waals surface area contributed by atoms with Crippen molar-refractivity contribution in [2.24, 2.45) is 16.8 Å². The van der Waals surface area contributed by atoms with Crippen LogP contribution in [0.25, 0.3) is 0 Å². The average Bonchev–Trinajstić information content (AvgIpc) is 2.27. The lowest BCUT2D eigenvalue weighted by Gasteiger charge is -2.14. The molecular weight excluding hydrogens is 266 g/mol. The second kappa shape index (κ2) is 6.14. The van der Waals surface area contributed by atoms with Crippen molar-refractivity contribution in [1.82, 2.24) is 0 Å². The Morgan fingerprint density at radius 2 is 2.00 bits per heavy atom. The van der Waals surface area contributed by atoms with Crippen molar-refractivity contribution in [3.8, 4) is 0 Å². The smallest absolute Gasteiger partial charge is 0.241 e. The number of anilines is 1. The maximum Gasteiger partial charge on any atom is 0.241 e. The molecule has 0 spiro atoms. The summed E-state index contributed by atoms with van der Waals surface area (Å²) in [5.74, 6) is -0.0447. The van der Waals surface area contributed by atoms with Gasteiger partial charge in [-0.15, -0.1) is 0 Å². The van der Waals surface area contributed by atoms with Gasteiger partial charge in [-0.2, -0.15) is 0 Å². The number of nitrogens with one attached hydrogen (secondary N) is 1. The summed E-state index contributed by atoms with van der Waals surface area (Å²) in [7, 11) is -3.78. The van der Waals surface area contributed by atoms with Crippen LogP contribution in [0, 0.1) is 5.92 Å². The van der Waals surface area contributed by atoms with Crippen molar-refractivity contribution in [3.05, 3.63) is 24.3 Å². The lowest BCUT2D eigenvalue weighted by molar-refractivity contribution is -0.117. The Hall–Kier alpha value is -1.44. The Bertz CT molecular complexity index is 555. The van der Waals surface area contributed by atoms with E-state index < -0.39 is 16.1 Å². The minimum Gasteiger partial charge on any atom is -0.325 e. The highest BCUT2D eigenvalue weighted by molar-refractivity contribution is 7.89. The Kier molecular flexibility index (Phi) is 5.04. The van der Waals surface area contributed by atoms with E-state index >= 15 is 0 Å². The van der Waals surface area contributed by atoms with E-state index in [0.717, 1.165) is 0 Å². The van der Waals surface area contributed by atoms with E-state index in [-0.39, 0.29) is 10.8 Å². The van der Waals surface area contributed by atoms with Gasteiger partial charge in [-0.1, -0.05) is 19.9 Å². The van der Waals surface area contributed by atoms with Crippen LogP contribution in [0.15, 0.2) is 29.2 Å². The van der Waals surface area contributed by atoms with E-state index in [1.54, 1.807) is 6.07 Å². The average molecular weight is 285 g/mol. The monoisotopic (exact) mass is 285 g/mol. The van der Waals surface area contributed by atoms with Crippen LogP contribution in [-0.4, -0.2) is 20.4 Å². The minimum absolute atomic E-state index is 0.0530. The quantitative estimate of drug-likeness (QED) is 0.736. The normalized spacial score (nSPS) is 13.3. The van der Waals surface area contributed by atoms with Crippen LogP contribution in [-0.2, 0) is 14.8 Å². The number of benzene rings is 1. The second-order valence-electron chi connectivity index (χ2n) is 4.80. The van der Waals surface area contributed by atoms with Crippen LogP contribution in [0.4, 0.5) is 5.69 Å². The van der Waals surface area contributed by atoms with Gasteiger partial charge in [-0.3, -0.25) is 4.79 Å². The molecule has 0 heterocycles. The van der Waals surface area contributed by atoms with Gasteiger partial charge in [0.25, 0.3) is 0 Å². The zero-order valence-electron chi connectivity index (χ0n) is 11.0. The Balaban J connectivity index is 2.81. The van der Waals surface area contributed by atoms with Crippen molar-refractivity contribution >= 4 is 21.6 Å². The standard InChI is InChI=1S/C12H19N3O3S/c1-8(2)6-11(13)12(16)15-9-4-3-5-10(7-9)19(14,17)18/h3-5,7-8,11H,6,13H2,1-2H3,(H,15,16)(H2,14,17,18). The first kappa shape index (κ1) is 15.6. The number of carbonyl (C=O) groups excluding carboxylic acids is 1. The van der Waals surface area contributed by atoms with Crippen molar-refractivity contribution in [3.63, 3.8) is 0 Å². The predicted octanol–water partition coefficient (Wildman–Crippen LogP) is 0.646. The van der Waals surface area contributed by atoms with Gasteiger partial charge in [0.1, 0.15) is 0 Å². The molecule has 1 aromatic carbocycles. The molecule has 1 atom stereocenters. The summed E-state index contributed by atoms with van der Waals surface area (Å²) in [6, 6.07) is 5.12. The number of sulfonamides is 1. The Morgan fingerprint density at radius 1 is 1.37 bits per heavy atom. The predicted molar refractivity (Wildman–Crippen MR) is 73.9 cm³/mol. The minimum atomic E-state index is -3.78. The van der Waals surface area contributed by atoms with Crippen LogP contribution in [0.5, 0.6) is 0 Å². The molecular formula is C12H19N3O3S. The number of amides is 1. The van der Waals surface area contributed by atoms with Crippen LogP contribution in [0.2, 0.25) is 0 Å². The van der Waals surface area contributed by atoms with Crippen molar-refractivity contribution in [1.29, 1.82) is 0 Å². The zero-order chi connectivity index (χ0) is 14.6. The lowest BCUT2D eigenvalue weighted by atomic mass is 10.0. The van der Waals surface area contributed by atoms with Gasteiger partial charge in [-0.25, -0.2) is 13.6 Å². The van der Waals surface area contributed by atoms with Gasteiger partial charge < -0.3 is 11.1 Å². The van der Waals surface area contributed by atoms with E-state index in [1.165, 1.54) is 18.2 Å². The summed E-state index contributed by atoms with van der Waals surface area (Å²) < 4.78 is 22.4. The molecule has 0 aliphatic heterocycles. The first-order valence-corrected chi connectivity index (χ1v) is 7.44. The molecule has 1 amide bonds. The number of rotatable bonds is 5. The Labute approximate surface area is 113 Å². The third-order valence-corrected chi connectivity index (χ3v) is 3.40. The molecule has 0 aliphatic carbocycles. The van der Waals surface area contributed by atoms with Crippen LogP contribution < -0.4 is 16.2 Å². The van der Waals surface area contributed by atoms with Crippen LogP contribution in [0.1, 0.15) is 20.3 Å². The number of primary sulfonamides is 1. The van der Waals surface area contributed by atoms with Crippen molar-refractivity contribution in [2.45, 2.75) is 31.2 Å². The van der Waals surface area contributed by atoms with Crippen LogP contribution >= 0.6 is 0 Å². The fourth-order valence-electron chi connectivity index (χ4n) is 1.60. The number of carbonyl (C=O) groups is 1. The highest BCUT2D eigenvalue weighted by atomic mass is 32.2. The molecule has 19 heavy (non-hydrogen) atoms. The SMILES string of the molecule is CC(C)CC(N)C(=O)Nc1cccc(S(N)(=O)=O)c1. The highest BCUT2D eigenvalue weighted by Crippen LogP contribution is 2.14. The second-order valence-corrected chi connectivity index (χ2v) is 6.36. The molecule has 7 heteroatoms. The van der Waals surface area contributed by atoms with Gasteiger partial charge in [0, 0.05) is 5.69 Å². The van der Waals surface area contributed by atoms with E-state index in [2.05, 4.69) is 5.32 Å². The maximum atomic E-state index is 11.8. The molecule has 1 aromatic rings. The molecule has 6 nitrogen and oxygen atoms in total. The van der Waals surface area contributed by atoms with Gasteiger partial charge in [-0.05, 0) is 30.5 Å². The van der Waals surface area contributed by atoms with E-state index in [4.69, 9.17) is 10.9 Å². The summed E-state index contributed by atoms with van der Waals surface area (Å²) in [5, 5.41) is 7.59. The van der Waals surface area contributed by atoms with Gasteiger partial charge >= 0.3 is 0 Å². The molecule has 0 saturated carbocycles. The van der Waals surface area contributed by atoms with Gasteiger partial charge in [0.05, 0.1) is 10.9 Å². The van der Waals surface area contributed by atoms with Crippen molar-refractivity contribution < 1.29 is 13.2 Å². The summed E-state index contributed by atoms with van der Waals surface area (Å²) in [4.78, 5) is 11.7. The highest BCUT2D eigenvalue weighted by Gasteiger charge is 2.16. The zero-order valence-corrected chi connectivity index (χ0v) is 11.8. The molecule has 0 aliphatic rings. The third-order valence-electron chi connectivity index (χ3n) is 2.49. The lowest BCUT2D eigenvalue weighted by Crippen LogP contribution is -2.36. The molecule has 5 N–H and O–H groups in total. The first-order chi connectivity index (χ1) is 8.70. The largest absolute Gasteiger partial charge is 0.325 e. The number of nitrogens with two attached hydrogens (primary N) is 2. The van der Waals surface area contributed by atoms with E-state index in [9.17, 15) is 13.2 Å². The van der Waals surface area contributed by atoms with Gasteiger partial charge in [0.2, 0.25) is 15.9 Å². The third kappa shape index (κ3) is 4.98. The van der Waals surface area contributed by atoms with E-state index in [1.807, 2.05) is 13.8 Å². The summed E-state index contributed by atoms with van der Waals surface area (Å²) in [6.45, 7) is 3.93. The van der Waals surface area contributed by atoms with Gasteiger partial charge in [0.15, 0.2) is 0 Å². The molecule has 0 bridgehead atoms. The Morgan fingerprint density at radius 3 is 2.53 bits per heavy atom. The molecule has 0 fully saturated rings. The fourth-order valence-corrected chi connectivity index (χ4v) is 2.16.